The van der Waals surface area contributed by atoms with Crippen molar-refractivity contribution in [2.75, 3.05) is 230 Å². The van der Waals surface area contributed by atoms with Crippen LogP contribution in [-0.2, 0) is 178 Å². The monoisotopic (exact) mass is 2030 g/mol. The summed E-state index contributed by atoms with van der Waals surface area (Å²) in [5, 5.41) is 14.8. The van der Waals surface area contributed by atoms with Gasteiger partial charge in [-0.2, -0.15) is 27.4 Å². The highest BCUT2D eigenvalue weighted by atomic mass is 19.1. The van der Waals surface area contributed by atoms with Gasteiger partial charge in [0.1, 0.15) is 48.5 Å². The maximum Gasteiger partial charge on any atom is 0.343 e. The molecule has 6 atom stereocenters. The summed E-state index contributed by atoms with van der Waals surface area (Å²) in [4.78, 5) is 158. The molecular weight excluding hydrogens is 1880 g/mol. The van der Waals surface area contributed by atoms with Gasteiger partial charge in [-0.1, -0.05) is 27.7 Å². The van der Waals surface area contributed by atoms with E-state index in [1.807, 2.05) is 20.8 Å². The fraction of sp³-hybridized carbons (Fsp3) is 0.753. The molecule has 0 saturated heterocycles. The Labute approximate surface area is 829 Å². The van der Waals surface area contributed by atoms with E-state index >= 15 is 4.39 Å². The van der Waals surface area contributed by atoms with Gasteiger partial charge in [0.15, 0.2) is 23.9 Å². The second-order valence-electron chi connectivity index (χ2n) is 35.7. The van der Waals surface area contributed by atoms with Crippen LogP contribution < -0.4 is 65.7 Å². The number of nitrogens with zero attached hydrogens (tertiary/aromatic N) is 3. The normalized spacial score (nSPS) is 15.4. The maximum absolute atomic E-state index is 15.7. The van der Waals surface area contributed by atoms with E-state index in [0.717, 1.165) is 16.0 Å². The Balaban J connectivity index is 0.648. The van der Waals surface area contributed by atoms with Crippen LogP contribution in [0, 0.1) is 11.7 Å². The number of hydroxylamine groups is 9. The topological polar surface area (TPSA) is 541 Å². The molecule has 3 aromatic rings. The third kappa shape index (κ3) is 50.6. The Morgan fingerprint density at radius 2 is 0.979 bits per heavy atom. The number of hydrogen-bond donors (Lipinski definition) is 12. The summed E-state index contributed by atoms with van der Waals surface area (Å²) < 4.78 is 106. The van der Waals surface area contributed by atoms with Crippen molar-refractivity contribution in [3.63, 3.8) is 0 Å². The fourth-order valence-corrected chi connectivity index (χ4v) is 13.3. The second kappa shape index (κ2) is 70.2. The Hall–Kier alpha value is -7.70. The van der Waals surface area contributed by atoms with E-state index in [1.54, 1.807) is 88.3 Å². The Bertz CT molecular complexity index is 4190. The lowest BCUT2D eigenvalue weighted by atomic mass is 9.86. The SMILES string of the molecule is CCc1c2c(nc3cc(F)c(NOCNO[C@@H](C)NO[C@H](NO[C@@H](CCCCNOCCOCCOCCOCCOCCNOCCOCCOCCOCCOCCNOCCOCCOCCOCCOCCNOCC[C@H](NON[C@@H](CCC(=O)OC(C)(C)C)C(=O)OC(C)(C)C)C(=O)OC(C)(C)C)NC(=O)CCCN4C(=O)C=CC4=O)C(C)C)cc13)-c1cc3c(c(=O)n1C2)COC(=O)[C@]3(O)CC. The number of carbonyl (C=O) groups excluding carboxylic acids is 7. The van der Waals surface area contributed by atoms with Crippen molar-refractivity contribution in [1.82, 2.24) is 69.1 Å². The summed E-state index contributed by atoms with van der Waals surface area (Å²) >= 11 is 0. The van der Waals surface area contributed by atoms with Crippen LogP contribution in [0.5, 0.6) is 0 Å². The summed E-state index contributed by atoms with van der Waals surface area (Å²) in [7, 11) is 0. The molecule has 3 aliphatic heterocycles. The molecule has 0 fully saturated rings. The van der Waals surface area contributed by atoms with E-state index in [-0.39, 0.29) is 100 Å². The number of ether oxygens (including phenoxy) is 16. The first-order chi connectivity index (χ1) is 68.2. The molecule has 2 aromatic heterocycles. The van der Waals surface area contributed by atoms with Gasteiger partial charge in [-0.15, -0.1) is 0 Å². The standard InChI is InChI=1S/C93H157FN14O34/c1-15-68-69-60-77(73(94)62-76(69)100-84-70(68)63-108-78(84)61-72-71(86(108)113)64-130-89(116)93(72,117)16-2)103-135-65-99-139-67(5)102-141-85(66(3)4)106-140-80(101-79(109)20-19-31-107-81(110)23-24-82(107)111)21-17-18-27-95-132-57-54-127-51-48-124-45-43-122-40-37-119-34-29-97-134-59-56-129-53-50-126-47-44-123-41-38-120-35-30-98-133-58-55-128-52-49-125-46-42-121-39-36-118-33-28-96-131-32-26-75(88(115)138-92(12,13)14)105-142-104-74(87(114)137-91(9,10)11)22-25-83(112)136-90(6,7)8/h23-24,60-62,66-67,74-75,80,85,95-99,102-106,117H,15-22,25-59,63-65H2,1-14H3,(H,101,109)/t67-,74-,75-,80-,85-,93-/m0/s1. The fourth-order valence-electron chi connectivity index (χ4n) is 13.3. The molecule has 6 rings (SSSR count). The van der Waals surface area contributed by atoms with E-state index in [2.05, 4.69) is 60.1 Å². The number of carbonyl (C=O) groups is 7. The van der Waals surface area contributed by atoms with Gasteiger partial charge in [0.05, 0.1) is 220 Å². The molecule has 48 nitrogen and oxygen atoms in total. The number of anilines is 1. The van der Waals surface area contributed by atoms with E-state index in [0.29, 0.717) is 253 Å². The van der Waals surface area contributed by atoms with E-state index in [9.17, 15) is 43.5 Å². The van der Waals surface area contributed by atoms with Gasteiger partial charge < -0.3 is 95.6 Å². The lowest BCUT2D eigenvalue weighted by Gasteiger charge is -2.31. The van der Waals surface area contributed by atoms with Crippen LogP contribution in [0.15, 0.2) is 35.1 Å². The number of fused-ring (bicyclic) bond motifs is 5. The van der Waals surface area contributed by atoms with Crippen LogP contribution in [0.3, 0.4) is 0 Å². The number of unbranched alkanes of at least 4 members (excludes halogenated alkanes) is 1. The first-order valence-corrected chi connectivity index (χ1v) is 48.6. The number of aryl methyl sites for hydroxylation is 1. The number of aromatic nitrogens is 2. The molecule has 0 unspecified atom stereocenters. The summed E-state index contributed by atoms with van der Waals surface area (Å²) in [5.41, 5.74) is 26.1. The van der Waals surface area contributed by atoms with Crippen LogP contribution in [-0.4, -0.2) is 333 Å². The van der Waals surface area contributed by atoms with Crippen molar-refractivity contribution in [3.8, 4) is 11.4 Å². The summed E-state index contributed by atoms with van der Waals surface area (Å²) in [6.45, 7) is 36.9. The number of esters is 4. The molecular formula is C93H157FN14O34. The minimum atomic E-state index is -1.99. The number of imide groups is 1. The Morgan fingerprint density at radius 1 is 0.507 bits per heavy atom. The molecule has 810 valence electrons. The molecule has 3 aliphatic rings. The number of hydrogen-bond acceptors (Lipinski definition) is 45. The molecule has 12 N–H and O–H groups in total. The zero-order valence-electron chi connectivity index (χ0n) is 85.0. The molecule has 0 radical (unpaired) electrons. The van der Waals surface area contributed by atoms with Crippen LogP contribution >= 0.6 is 0 Å². The lowest BCUT2D eigenvalue weighted by Crippen LogP contribution is -2.49. The predicted molar refractivity (Wildman–Crippen MR) is 507 cm³/mol. The predicted octanol–water partition coefficient (Wildman–Crippen LogP) is 3.53. The smallest absolute Gasteiger partial charge is 0.343 e. The zero-order valence-corrected chi connectivity index (χ0v) is 85.0. The number of halogens is 1. The van der Waals surface area contributed by atoms with E-state index in [4.69, 9.17) is 124 Å². The summed E-state index contributed by atoms with van der Waals surface area (Å²) in [5.74, 6) is -4.63. The number of nitrogens with one attached hydrogen (secondary N) is 11. The highest BCUT2D eigenvalue weighted by Gasteiger charge is 2.46. The third-order valence-corrected chi connectivity index (χ3v) is 20.3. The van der Waals surface area contributed by atoms with Crippen molar-refractivity contribution in [3.05, 3.63) is 68.8 Å². The number of amides is 3. The van der Waals surface area contributed by atoms with Crippen molar-refractivity contribution in [2.24, 2.45) is 5.92 Å². The minimum absolute atomic E-state index is 0.00188. The molecule has 0 saturated carbocycles. The second-order valence-corrected chi connectivity index (χ2v) is 35.7. The first-order valence-electron chi connectivity index (χ1n) is 48.6. The van der Waals surface area contributed by atoms with Crippen molar-refractivity contribution in [1.29, 1.82) is 0 Å². The third-order valence-electron chi connectivity index (χ3n) is 20.3. The van der Waals surface area contributed by atoms with Crippen molar-refractivity contribution >= 4 is 58.2 Å². The van der Waals surface area contributed by atoms with Crippen molar-refractivity contribution in [2.45, 2.75) is 227 Å². The maximum atomic E-state index is 15.7. The van der Waals surface area contributed by atoms with Gasteiger partial charge in [0.2, 0.25) is 5.91 Å². The van der Waals surface area contributed by atoms with Crippen LogP contribution in [0.1, 0.15) is 177 Å². The molecule has 0 bridgehead atoms. The molecule has 3 amide bonds. The van der Waals surface area contributed by atoms with Crippen molar-refractivity contribution < 1.29 is 162 Å². The van der Waals surface area contributed by atoms with Crippen LogP contribution in [0.2, 0.25) is 0 Å². The molecule has 49 heteroatoms. The van der Waals surface area contributed by atoms with Gasteiger partial charge in [-0.05, 0) is 138 Å². The van der Waals surface area contributed by atoms with Gasteiger partial charge in [-0.3, -0.25) is 77.8 Å². The van der Waals surface area contributed by atoms with Gasteiger partial charge in [-0.25, -0.2) is 41.0 Å². The molecule has 0 spiro atoms. The van der Waals surface area contributed by atoms with E-state index < -0.39 is 100 Å². The number of pyridine rings is 2. The largest absolute Gasteiger partial charge is 0.460 e. The average molecular weight is 2030 g/mol. The van der Waals surface area contributed by atoms with Crippen LogP contribution in [0.25, 0.3) is 22.3 Å². The Kier molecular flexibility index (Phi) is 60.8. The summed E-state index contributed by atoms with van der Waals surface area (Å²) in [6, 6.07) is 2.41. The zero-order chi connectivity index (χ0) is 103. The number of rotatable bonds is 86. The van der Waals surface area contributed by atoms with Gasteiger partial charge in [0, 0.05) is 86.7 Å². The molecule has 0 aliphatic carbocycles. The number of benzene rings is 1. The molecule has 142 heavy (non-hydrogen) atoms. The highest BCUT2D eigenvalue weighted by molar-refractivity contribution is 6.12. The van der Waals surface area contributed by atoms with Crippen LogP contribution in [0.4, 0.5) is 10.1 Å². The van der Waals surface area contributed by atoms with Gasteiger partial charge >= 0.3 is 23.9 Å². The number of cyclic esters (lactones) is 1. The van der Waals surface area contributed by atoms with E-state index in [1.165, 1.54) is 22.8 Å². The Morgan fingerprint density at radius 3 is 1.46 bits per heavy atom. The van der Waals surface area contributed by atoms with Gasteiger partial charge in [0.25, 0.3) is 17.4 Å². The quantitative estimate of drug-likeness (QED) is 0.00751. The average Bonchev–Trinajstić information content (AvgIpc) is 1.55. The molecule has 1 aromatic carbocycles. The number of aliphatic hydroxyl groups is 1. The minimum Gasteiger partial charge on any atom is -0.460 e. The lowest BCUT2D eigenvalue weighted by molar-refractivity contribution is -0.207. The summed E-state index contributed by atoms with van der Waals surface area (Å²) in [6.07, 6.45) is 2.50. The highest BCUT2D eigenvalue weighted by Crippen LogP contribution is 2.41. The molecule has 5 heterocycles. The first kappa shape index (κ1) is 123.